The first kappa shape index (κ1) is 11.4. The molecule has 0 amide bonds. The van der Waals surface area contributed by atoms with E-state index >= 15 is 0 Å². The lowest BCUT2D eigenvalue weighted by Gasteiger charge is -2.21. The van der Waals surface area contributed by atoms with Crippen molar-refractivity contribution in [1.29, 1.82) is 0 Å². The Morgan fingerprint density at radius 1 is 1.40 bits per heavy atom. The summed E-state index contributed by atoms with van der Waals surface area (Å²) in [7, 11) is 0. The number of hydrogen-bond acceptors (Lipinski definition) is 6. The van der Waals surface area contributed by atoms with E-state index in [4.69, 9.17) is 21.9 Å². The fourth-order valence-electron chi connectivity index (χ4n) is 1.00. The largest absolute Gasteiger partial charge is 0.446 e. The molecule has 15 heavy (non-hydrogen) atoms. The Morgan fingerprint density at radius 3 is 2.47 bits per heavy atom. The lowest BCUT2D eigenvalue weighted by Crippen LogP contribution is -2.62. The van der Waals surface area contributed by atoms with Crippen LogP contribution in [0, 0.1) is 17.0 Å². The third-order valence-corrected chi connectivity index (χ3v) is 1.67. The van der Waals surface area contributed by atoms with Crippen molar-refractivity contribution in [3.8, 4) is 5.75 Å². The molecule has 0 aromatic heterocycles. The van der Waals surface area contributed by atoms with Gasteiger partial charge < -0.3 is 4.74 Å². The molecule has 0 heterocycles. The first-order chi connectivity index (χ1) is 6.79. The summed E-state index contributed by atoms with van der Waals surface area (Å²) in [4.78, 5) is 9.94. The molecule has 82 valence electrons. The maximum absolute atomic E-state index is 10.5. The number of ether oxygens (including phenoxy) is 1. The standard InChI is InChI=1S/C8H12N4O3/c1-5-2-3-6(12(13)14)4-7(5)15-8(9,10)11/h2-4H,9-11H2,1H3. The van der Waals surface area contributed by atoms with Crippen molar-refractivity contribution in [3.63, 3.8) is 0 Å². The van der Waals surface area contributed by atoms with Gasteiger partial charge in [-0.15, -0.1) is 0 Å². The lowest BCUT2D eigenvalue weighted by molar-refractivity contribution is -0.385. The zero-order valence-electron chi connectivity index (χ0n) is 8.14. The van der Waals surface area contributed by atoms with Crippen LogP contribution >= 0.6 is 0 Å². The van der Waals surface area contributed by atoms with Crippen LogP contribution in [0.2, 0.25) is 0 Å². The topological polar surface area (TPSA) is 130 Å². The van der Waals surface area contributed by atoms with Gasteiger partial charge in [0.25, 0.3) is 11.7 Å². The molecular weight excluding hydrogens is 200 g/mol. The Balaban J connectivity index is 3.06. The van der Waals surface area contributed by atoms with E-state index in [1.165, 1.54) is 18.2 Å². The van der Waals surface area contributed by atoms with Gasteiger partial charge in [-0.2, -0.15) is 0 Å². The molecule has 1 rings (SSSR count). The Hall–Kier alpha value is -1.70. The minimum atomic E-state index is -1.85. The molecule has 0 bridgehead atoms. The van der Waals surface area contributed by atoms with Gasteiger partial charge in [0.1, 0.15) is 5.75 Å². The summed E-state index contributed by atoms with van der Waals surface area (Å²) in [5.41, 5.74) is 16.2. The maximum atomic E-state index is 10.5. The number of rotatable bonds is 3. The number of non-ortho nitro benzene ring substituents is 1. The smallest absolute Gasteiger partial charge is 0.273 e. The highest BCUT2D eigenvalue weighted by Gasteiger charge is 2.17. The van der Waals surface area contributed by atoms with Gasteiger partial charge in [-0.3, -0.25) is 27.3 Å². The van der Waals surface area contributed by atoms with E-state index in [9.17, 15) is 10.1 Å². The van der Waals surface area contributed by atoms with Crippen LogP contribution in [0.1, 0.15) is 5.56 Å². The molecule has 0 spiro atoms. The Bertz CT molecular complexity index is 386. The summed E-state index contributed by atoms with van der Waals surface area (Å²) in [5.74, 6) is -1.66. The number of hydrogen-bond donors (Lipinski definition) is 3. The number of nitro benzene ring substituents is 1. The number of benzene rings is 1. The fraction of sp³-hybridized carbons (Fsp3) is 0.250. The molecule has 0 aliphatic carbocycles. The van der Waals surface area contributed by atoms with E-state index in [2.05, 4.69) is 0 Å². The predicted octanol–water partition coefficient (Wildman–Crippen LogP) is -0.231. The van der Waals surface area contributed by atoms with Gasteiger partial charge in [-0.05, 0) is 18.6 Å². The second-order valence-corrected chi connectivity index (χ2v) is 3.16. The summed E-state index contributed by atoms with van der Waals surface area (Å²) in [5, 5.41) is 10.5. The van der Waals surface area contributed by atoms with Crippen molar-refractivity contribution in [2.24, 2.45) is 17.2 Å². The first-order valence-electron chi connectivity index (χ1n) is 4.10. The van der Waals surface area contributed by atoms with Crippen molar-refractivity contribution in [3.05, 3.63) is 33.9 Å². The normalized spacial score (nSPS) is 11.2. The van der Waals surface area contributed by atoms with Crippen molar-refractivity contribution in [2.75, 3.05) is 0 Å². The van der Waals surface area contributed by atoms with Gasteiger partial charge >= 0.3 is 0 Å². The second kappa shape index (κ2) is 3.81. The molecule has 1 aromatic rings. The van der Waals surface area contributed by atoms with Crippen molar-refractivity contribution < 1.29 is 9.66 Å². The molecule has 7 heteroatoms. The zero-order chi connectivity index (χ0) is 11.6. The van der Waals surface area contributed by atoms with E-state index < -0.39 is 10.9 Å². The van der Waals surface area contributed by atoms with Gasteiger partial charge in [0, 0.05) is 6.07 Å². The summed E-state index contributed by atoms with van der Waals surface area (Å²) in [6.45, 7) is 1.70. The van der Waals surface area contributed by atoms with Crippen LogP contribution in [0.3, 0.4) is 0 Å². The average Bonchev–Trinajstić information content (AvgIpc) is 2.06. The van der Waals surface area contributed by atoms with Crippen LogP contribution in [-0.2, 0) is 0 Å². The molecule has 0 aliphatic rings. The maximum Gasteiger partial charge on any atom is 0.273 e. The van der Waals surface area contributed by atoms with E-state index in [0.717, 1.165) is 0 Å². The van der Waals surface area contributed by atoms with Gasteiger partial charge in [-0.25, -0.2) is 0 Å². The molecule has 0 fully saturated rings. The molecule has 7 nitrogen and oxygen atoms in total. The molecule has 0 saturated heterocycles. The van der Waals surface area contributed by atoms with Crippen LogP contribution in [-0.4, -0.2) is 10.9 Å². The number of aryl methyl sites for hydroxylation is 1. The summed E-state index contributed by atoms with van der Waals surface area (Å²) in [6, 6.07) is 4.10. The number of nitrogens with two attached hydrogens (primary N) is 3. The van der Waals surface area contributed by atoms with Crippen LogP contribution in [0.25, 0.3) is 0 Å². The van der Waals surface area contributed by atoms with Gasteiger partial charge in [0.05, 0.1) is 11.0 Å². The van der Waals surface area contributed by atoms with Gasteiger partial charge in [-0.1, -0.05) is 0 Å². The summed E-state index contributed by atoms with van der Waals surface area (Å²) >= 11 is 0. The van der Waals surface area contributed by atoms with E-state index in [1.54, 1.807) is 6.92 Å². The molecule has 0 unspecified atom stereocenters. The van der Waals surface area contributed by atoms with E-state index in [1.807, 2.05) is 0 Å². The van der Waals surface area contributed by atoms with Gasteiger partial charge in [0.15, 0.2) is 0 Å². The van der Waals surface area contributed by atoms with E-state index in [0.29, 0.717) is 5.56 Å². The van der Waals surface area contributed by atoms with Crippen LogP contribution < -0.4 is 21.9 Å². The van der Waals surface area contributed by atoms with Crippen LogP contribution in [0.4, 0.5) is 5.69 Å². The third-order valence-electron chi connectivity index (χ3n) is 1.67. The Morgan fingerprint density at radius 2 is 2.00 bits per heavy atom. The highest BCUT2D eigenvalue weighted by molar-refractivity contribution is 5.43. The minimum Gasteiger partial charge on any atom is -0.446 e. The third kappa shape index (κ3) is 3.17. The van der Waals surface area contributed by atoms with Crippen molar-refractivity contribution in [2.45, 2.75) is 12.9 Å². The Labute approximate surface area is 85.9 Å². The summed E-state index contributed by atoms with van der Waals surface area (Å²) in [6.07, 6.45) is 0. The monoisotopic (exact) mass is 212 g/mol. The first-order valence-corrected chi connectivity index (χ1v) is 4.10. The van der Waals surface area contributed by atoms with E-state index in [-0.39, 0.29) is 11.4 Å². The highest BCUT2D eigenvalue weighted by atomic mass is 16.6. The molecule has 0 radical (unpaired) electrons. The van der Waals surface area contributed by atoms with Crippen molar-refractivity contribution >= 4 is 5.69 Å². The number of nitro groups is 1. The fourth-order valence-corrected chi connectivity index (χ4v) is 1.00. The SMILES string of the molecule is Cc1ccc([N+](=O)[O-])cc1OC(N)(N)N. The molecular formula is C8H12N4O3. The molecule has 0 aliphatic heterocycles. The Kier molecular flexibility index (Phi) is 2.89. The molecule has 6 N–H and O–H groups in total. The summed E-state index contributed by atoms with van der Waals surface area (Å²) < 4.78 is 4.95. The molecule has 1 aromatic carbocycles. The van der Waals surface area contributed by atoms with Crippen LogP contribution in [0.5, 0.6) is 5.75 Å². The zero-order valence-corrected chi connectivity index (χ0v) is 8.14. The quantitative estimate of drug-likeness (QED) is 0.360. The highest BCUT2D eigenvalue weighted by Crippen LogP contribution is 2.24. The lowest BCUT2D eigenvalue weighted by atomic mass is 10.2. The minimum absolute atomic E-state index is 0.111. The average molecular weight is 212 g/mol. The number of nitrogens with zero attached hydrogens (tertiary/aromatic N) is 1. The predicted molar refractivity (Wildman–Crippen MR) is 53.8 cm³/mol. The van der Waals surface area contributed by atoms with Crippen LogP contribution in [0.15, 0.2) is 18.2 Å². The second-order valence-electron chi connectivity index (χ2n) is 3.16. The van der Waals surface area contributed by atoms with Crippen molar-refractivity contribution in [1.82, 2.24) is 0 Å². The molecule has 0 atom stereocenters. The van der Waals surface area contributed by atoms with Gasteiger partial charge in [0.2, 0.25) is 0 Å². The molecule has 0 saturated carbocycles.